The highest BCUT2D eigenvalue weighted by Gasteiger charge is 2.45. The van der Waals surface area contributed by atoms with Crippen molar-refractivity contribution in [2.75, 3.05) is 6.61 Å². The van der Waals surface area contributed by atoms with Crippen molar-refractivity contribution >= 4 is 11.7 Å². The van der Waals surface area contributed by atoms with Crippen molar-refractivity contribution in [2.24, 2.45) is 11.8 Å². The minimum absolute atomic E-state index is 0.00274. The van der Waals surface area contributed by atoms with E-state index in [0.29, 0.717) is 6.07 Å². The lowest BCUT2D eigenvalue weighted by molar-refractivity contribution is -0.386. The Hall–Kier alpha value is -2.32. The fraction of sp³-hybridized carbons (Fsp3) is 0.632. The number of carboxylic acid groups (broad SMARTS) is 1. The van der Waals surface area contributed by atoms with Gasteiger partial charge in [-0.2, -0.15) is 13.2 Å². The second-order valence-corrected chi connectivity index (χ2v) is 7.72. The molecule has 28 heavy (non-hydrogen) atoms. The molecule has 0 bridgehead atoms. The molecule has 1 atom stereocenters. The molecule has 1 N–H and O–H groups in total. The molecule has 0 aliphatic heterocycles. The molecule has 1 saturated carbocycles. The number of aliphatic carboxylic acids is 1. The summed E-state index contributed by atoms with van der Waals surface area (Å²) in [6.07, 6.45) is -3.26. The average molecular weight is 403 g/mol. The van der Waals surface area contributed by atoms with Gasteiger partial charge < -0.3 is 9.84 Å². The average Bonchev–Trinajstić information content (AvgIpc) is 3.40. The van der Waals surface area contributed by atoms with Crippen LogP contribution in [0.1, 0.15) is 57.6 Å². The Balaban J connectivity index is 2.72. The van der Waals surface area contributed by atoms with Crippen molar-refractivity contribution in [3.63, 3.8) is 0 Å². The predicted octanol–water partition coefficient (Wildman–Crippen LogP) is 5.18. The second kappa shape index (κ2) is 7.97. The van der Waals surface area contributed by atoms with Gasteiger partial charge in [0, 0.05) is 6.07 Å². The molecule has 0 saturated heterocycles. The van der Waals surface area contributed by atoms with E-state index in [9.17, 15) is 33.2 Å². The number of hydrogen-bond donors (Lipinski definition) is 1. The third kappa shape index (κ3) is 4.56. The molecule has 1 aromatic rings. The number of rotatable bonds is 9. The van der Waals surface area contributed by atoms with Crippen molar-refractivity contribution < 1.29 is 32.7 Å². The van der Waals surface area contributed by atoms with E-state index in [1.807, 2.05) is 0 Å². The van der Waals surface area contributed by atoms with Gasteiger partial charge in [0.05, 0.1) is 16.9 Å². The van der Waals surface area contributed by atoms with E-state index < -0.39 is 39.5 Å². The topological polar surface area (TPSA) is 89.7 Å². The maximum Gasteiger partial charge on any atom is 0.420 e. The van der Waals surface area contributed by atoms with E-state index in [1.165, 1.54) is 0 Å². The standard InChI is InChI=1S/C19H24F3NO5/c1-4-18(17(24)25,9-11(2)3)13-7-14(19(20,21)22)16(15(8-13)23(26)27)28-10-12-5-6-12/h7-8,11-12H,4-6,9-10H2,1-3H3,(H,24,25). The maximum atomic E-state index is 13.7. The molecule has 9 heteroatoms. The van der Waals surface area contributed by atoms with Crippen LogP contribution in [-0.2, 0) is 16.4 Å². The highest BCUT2D eigenvalue weighted by molar-refractivity contribution is 5.82. The molecule has 0 aromatic heterocycles. The van der Waals surface area contributed by atoms with Crippen LogP contribution in [0.25, 0.3) is 0 Å². The minimum Gasteiger partial charge on any atom is -0.486 e. The molecule has 2 rings (SSSR count). The summed E-state index contributed by atoms with van der Waals surface area (Å²) in [4.78, 5) is 22.6. The fourth-order valence-electron chi connectivity index (χ4n) is 3.40. The fourth-order valence-corrected chi connectivity index (χ4v) is 3.40. The van der Waals surface area contributed by atoms with Gasteiger partial charge >= 0.3 is 17.8 Å². The maximum absolute atomic E-state index is 13.7. The summed E-state index contributed by atoms with van der Waals surface area (Å²) in [5, 5.41) is 21.4. The molecule has 0 radical (unpaired) electrons. The molecule has 1 aliphatic carbocycles. The second-order valence-electron chi connectivity index (χ2n) is 7.72. The Kier molecular flexibility index (Phi) is 6.25. The van der Waals surface area contributed by atoms with Crippen LogP contribution in [0.4, 0.5) is 18.9 Å². The van der Waals surface area contributed by atoms with E-state index in [1.54, 1.807) is 20.8 Å². The van der Waals surface area contributed by atoms with Gasteiger partial charge in [-0.3, -0.25) is 14.9 Å². The molecular formula is C19H24F3NO5. The smallest absolute Gasteiger partial charge is 0.420 e. The van der Waals surface area contributed by atoms with Gasteiger partial charge in [-0.05, 0) is 49.1 Å². The van der Waals surface area contributed by atoms with Crippen LogP contribution >= 0.6 is 0 Å². The van der Waals surface area contributed by atoms with E-state index >= 15 is 0 Å². The number of nitrogens with zero attached hydrogens (tertiary/aromatic N) is 1. The van der Waals surface area contributed by atoms with Crippen LogP contribution in [0.3, 0.4) is 0 Å². The van der Waals surface area contributed by atoms with Crippen LogP contribution < -0.4 is 4.74 Å². The van der Waals surface area contributed by atoms with E-state index in [4.69, 9.17) is 4.74 Å². The lowest BCUT2D eigenvalue weighted by Gasteiger charge is -2.31. The Morgan fingerprint density at radius 2 is 1.96 bits per heavy atom. The van der Waals surface area contributed by atoms with E-state index in [0.717, 1.165) is 18.9 Å². The molecular weight excluding hydrogens is 379 g/mol. The molecule has 0 amide bonds. The summed E-state index contributed by atoms with van der Waals surface area (Å²) in [5.41, 5.74) is -4.05. The SMILES string of the molecule is CCC(CC(C)C)(C(=O)O)c1cc([N+](=O)[O-])c(OCC2CC2)c(C(F)(F)F)c1. The molecule has 0 heterocycles. The van der Waals surface area contributed by atoms with Crippen molar-refractivity contribution in [3.05, 3.63) is 33.4 Å². The Labute approximate surface area is 160 Å². The highest BCUT2D eigenvalue weighted by atomic mass is 19.4. The lowest BCUT2D eigenvalue weighted by atomic mass is 9.72. The number of halogens is 3. The first-order chi connectivity index (χ1) is 12.9. The first-order valence-corrected chi connectivity index (χ1v) is 9.18. The molecule has 1 fully saturated rings. The Morgan fingerprint density at radius 3 is 2.36 bits per heavy atom. The number of carboxylic acids is 1. The molecule has 156 valence electrons. The first kappa shape index (κ1) is 22.0. The molecule has 6 nitrogen and oxygen atoms in total. The monoisotopic (exact) mass is 403 g/mol. The number of nitro benzene ring substituents is 1. The summed E-state index contributed by atoms with van der Waals surface area (Å²) in [6.45, 7) is 5.01. The predicted molar refractivity (Wildman–Crippen MR) is 95.4 cm³/mol. The largest absolute Gasteiger partial charge is 0.486 e. The van der Waals surface area contributed by atoms with E-state index in [2.05, 4.69) is 0 Å². The van der Waals surface area contributed by atoms with Crippen molar-refractivity contribution in [1.29, 1.82) is 0 Å². The number of hydrogen-bond acceptors (Lipinski definition) is 4. The van der Waals surface area contributed by atoms with Crippen LogP contribution in [0, 0.1) is 22.0 Å². The van der Waals surface area contributed by atoms with Crippen molar-refractivity contribution in [1.82, 2.24) is 0 Å². The van der Waals surface area contributed by atoms with Gasteiger partial charge in [0.2, 0.25) is 5.75 Å². The van der Waals surface area contributed by atoms with Gasteiger partial charge in [0.25, 0.3) is 0 Å². The summed E-state index contributed by atoms with van der Waals surface area (Å²) in [7, 11) is 0. The van der Waals surface area contributed by atoms with E-state index in [-0.39, 0.29) is 36.8 Å². The van der Waals surface area contributed by atoms with Crippen molar-refractivity contribution in [3.8, 4) is 5.75 Å². The normalized spacial score (nSPS) is 16.7. The number of alkyl halides is 3. The molecule has 1 aliphatic rings. The van der Waals surface area contributed by atoms with Crippen molar-refractivity contribution in [2.45, 2.75) is 58.0 Å². The van der Waals surface area contributed by atoms with Gasteiger partial charge in [0.15, 0.2) is 0 Å². The highest BCUT2D eigenvalue weighted by Crippen LogP contribution is 2.47. The summed E-state index contributed by atoms with van der Waals surface area (Å²) in [5.74, 6) is -2.20. The number of ether oxygens (including phenoxy) is 1. The number of nitro groups is 1. The Bertz CT molecular complexity index is 759. The van der Waals surface area contributed by atoms with Crippen LogP contribution in [0.15, 0.2) is 12.1 Å². The minimum atomic E-state index is -4.92. The zero-order valence-corrected chi connectivity index (χ0v) is 16.0. The zero-order valence-electron chi connectivity index (χ0n) is 16.0. The third-order valence-electron chi connectivity index (χ3n) is 5.05. The lowest BCUT2D eigenvalue weighted by Crippen LogP contribution is -2.37. The summed E-state index contributed by atoms with van der Waals surface area (Å²) >= 11 is 0. The van der Waals surface area contributed by atoms with Gasteiger partial charge in [-0.15, -0.1) is 0 Å². The van der Waals surface area contributed by atoms with Crippen LogP contribution in [0.5, 0.6) is 5.75 Å². The first-order valence-electron chi connectivity index (χ1n) is 9.18. The van der Waals surface area contributed by atoms with Crippen LogP contribution in [0.2, 0.25) is 0 Å². The molecule has 0 spiro atoms. The Morgan fingerprint density at radius 1 is 1.36 bits per heavy atom. The number of carbonyl (C=O) groups is 1. The number of benzene rings is 1. The van der Waals surface area contributed by atoms with Crippen LogP contribution in [-0.4, -0.2) is 22.6 Å². The summed E-state index contributed by atoms with van der Waals surface area (Å²) < 4.78 is 46.4. The van der Waals surface area contributed by atoms with Gasteiger partial charge in [-0.1, -0.05) is 20.8 Å². The summed E-state index contributed by atoms with van der Waals surface area (Å²) in [6, 6.07) is 1.63. The van der Waals surface area contributed by atoms with Gasteiger partial charge in [-0.25, -0.2) is 0 Å². The quantitative estimate of drug-likeness (QED) is 0.453. The molecule has 1 unspecified atom stereocenters. The third-order valence-corrected chi connectivity index (χ3v) is 5.05. The zero-order chi connectivity index (χ0) is 21.3. The van der Waals surface area contributed by atoms with Gasteiger partial charge in [0.1, 0.15) is 5.56 Å². The molecule has 1 aromatic carbocycles.